The van der Waals surface area contributed by atoms with Crippen molar-refractivity contribution in [2.24, 2.45) is 0 Å². The minimum Gasteiger partial charge on any atom is -0.227 e. The van der Waals surface area contributed by atoms with Gasteiger partial charge < -0.3 is 0 Å². The zero-order chi connectivity index (χ0) is 8.91. The van der Waals surface area contributed by atoms with E-state index in [0.717, 1.165) is 6.42 Å². The molecule has 0 saturated carbocycles. The van der Waals surface area contributed by atoms with Crippen LogP contribution >= 0.6 is 0 Å². The van der Waals surface area contributed by atoms with Gasteiger partial charge in [-0.1, -0.05) is 20.3 Å². The maximum Gasteiger partial charge on any atom is 0.166 e. The summed E-state index contributed by atoms with van der Waals surface area (Å²) in [5.41, 5.74) is 0. The molecule has 0 rings (SSSR count). The van der Waals surface area contributed by atoms with Gasteiger partial charge in [0.15, 0.2) is 9.84 Å². The van der Waals surface area contributed by atoms with Crippen LogP contribution in [0, 0.1) is 11.3 Å². The standard InChI is InChI=1S/C7H13NO2S/c1-3-5-7(6-8)11(9,10)4-2/h7H,3-5H2,1-2H3. The molecule has 1 atom stereocenters. The second-order valence-corrected chi connectivity index (χ2v) is 4.83. The lowest BCUT2D eigenvalue weighted by Gasteiger charge is -2.05. The molecule has 0 aliphatic heterocycles. The zero-order valence-electron chi connectivity index (χ0n) is 6.87. The summed E-state index contributed by atoms with van der Waals surface area (Å²) in [6.07, 6.45) is 1.18. The average molecular weight is 175 g/mol. The van der Waals surface area contributed by atoms with Crippen LogP contribution in [-0.2, 0) is 9.84 Å². The van der Waals surface area contributed by atoms with Crippen molar-refractivity contribution < 1.29 is 8.42 Å². The fraction of sp³-hybridized carbons (Fsp3) is 0.857. The van der Waals surface area contributed by atoms with E-state index in [9.17, 15) is 8.42 Å². The van der Waals surface area contributed by atoms with Crippen molar-refractivity contribution in [1.82, 2.24) is 0 Å². The fourth-order valence-electron chi connectivity index (χ4n) is 0.788. The average Bonchev–Trinajstić information content (AvgIpc) is 2.00. The van der Waals surface area contributed by atoms with Crippen molar-refractivity contribution in [3.05, 3.63) is 0 Å². The van der Waals surface area contributed by atoms with Gasteiger partial charge in [0.2, 0.25) is 0 Å². The topological polar surface area (TPSA) is 57.9 Å². The highest BCUT2D eigenvalue weighted by atomic mass is 32.2. The van der Waals surface area contributed by atoms with E-state index in [1.165, 1.54) is 0 Å². The normalized spacial score (nSPS) is 13.9. The van der Waals surface area contributed by atoms with Crippen molar-refractivity contribution >= 4 is 9.84 Å². The van der Waals surface area contributed by atoms with Crippen LogP contribution in [0.15, 0.2) is 0 Å². The maximum atomic E-state index is 11.1. The second-order valence-electron chi connectivity index (χ2n) is 2.36. The highest BCUT2D eigenvalue weighted by molar-refractivity contribution is 7.92. The predicted molar refractivity (Wildman–Crippen MR) is 43.8 cm³/mol. The Hall–Kier alpha value is -0.560. The molecule has 0 aliphatic rings. The highest BCUT2D eigenvalue weighted by Crippen LogP contribution is 2.07. The molecule has 0 N–H and O–H groups in total. The van der Waals surface area contributed by atoms with E-state index >= 15 is 0 Å². The van der Waals surface area contributed by atoms with Gasteiger partial charge in [-0.15, -0.1) is 0 Å². The Morgan fingerprint density at radius 2 is 2.00 bits per heavy atom. The van der Waals surface area contributed by atoms with Gasteiger partial charge >= 0.3 is 0 Å². The van der Waals surface area contributed by atoms with Crippen LogP contribution in [0.25, 0.3) is 0 Å². The first-order valence-corrected chi connectivity index (χ1v) is 5.41. The van der Waals surface area contributed by atoms with Gasteiger partial charge in [0, 0.05) is 5.75 Å². The van der Waals surface area contributed by atoms with Crippen molar-refractivity contribution in [2.75, 3.05) is 5.75 Å². The molecule has 0 aromatic heterocycles. The molecule has 0 aromatic carbocycles. The molecule has 0 aliphatic carbocycles. The number of rotatable bonds is 4. The summed E-state index contributed by atoms with van der Waals surface area (Å²) in [7, 11) is -3.13. The summed E-state index contributed by atoms with van der Waals surface area (Å²) in [4.78, 5) is 0. The first-order valence-electron chi connectivity index (χ1n) is 3.69. The van der Waals surface area contributed by atoms with E-state index in [0.29, 0.717) is 6.42 Å². The Kier molecular flexibility index (Phi) is 4.12. The zero-order valence-corrected chi connectivity index (χ0v) is 7.69. The van der Waals surface area contributed by atoms with Gasteiger partial charge in [0.25, 0.3) is 0 Å². The summed E-state index contributed by atoms with van der Waals surface area (Å²) in [6, 6.07) is 1.81. The van der Waals surface area contributed by atoms with Crippen LogP contribution in [0.3, 0.4) is 0 Å². The van der Waals surface area contributed by atoms with E-state index in [4.69, 9.17) is 5.26 Å². The van der Waals surface area contributed by atoms with Gasteiger partial charge in [0.05, 0.1) is 6.07 Å². The van der Waals surface area contributed by atoms with Crippen LogP contribution < -0.4 is 0 Å². The van der Waals surface area contributed by atoms with Gasteiger partial charge in [-0.2, -0.15) is 5.26 Å². The Morgan fingerprint density at radius 3 is 2.27 bits per heavy atom. The molecule has 0 aromatic rings. The lowest BCUT2D eigenvalue weighted by molar-refractivity contribution is 0.585. The molecule has 0 spiro atoms. The number of sulfone groups is 1. The van der Waals surface area contributed by atoms with Crippen LogP contribution in [0.5, 0.6) is 0 Å². The predicted octanol–water partition coefficient (Wildman–Crippen LogP) is 1.11. The van der Waals surface area contributed by atoms with Crippen molar-refractivity contribution in [3.8, 4) is 6.07 Å². The molecule has 0 bridgehead atoms. The van der Waals surface area contributed by atoms with E-state index in [1.54, 1.807) is 13.0 Å². The first kappa shape index (κ1) is 10.4. The Balaban J connectivity index is 4.41. The third-order valence-electron chi connectivity index (χ3n) is 1.53. The lowest BCUT2D eigenvalue weighted by atomic mass is 10.3. The third kappa shape index (κ3) is 2.89. The minimum absolute atomic E-state index is 0.0607. The van der Waals surface area contributed by atoms with E-state index in [2.05, 4.69) is 0 Å². The van der Waals surface area contributed by atoms with E-state index in [-0.39, 0.29) is 5.75 Å². The van der Waals surface area contributed by atoms with Crippen molar-refractivity contribution in [1.29, 1.82) is 5.26 Å². The molecule has 11 heavy (non-hydrogen) atoms. The van der Waals surface area contributed by atoms with Gasteiger partial charge in [-0.05, 0) is 6.42 Å². The van der Waals surface area contributed by atoms with Crippen LogP contribution in [0.1, 0.15) is 26.7 Å². The monoisotopic (exact) mass is 175 g/mol. The minimum atomic E-state index is -3.13. The Morgan fingerprint density at radius 1 is 1.45 bits per heavy atom. The molecule has 0 fully saturated rings. The smallest absolute Gasteiger partial charge is 0.166 e. The van der Waals surface area contributed by atoms with Crippen LogP contribution in [0.2, 0.25) is 0 Å². The van der Waals surface area contributed by atoms with Gasteiger partial charge in [-0.3, -0.25) is 0 Å². The number of nitriles is 1. The molecule has 1 unspecified atom stereocenters. The van der Waals surface area contributed by atoms with Crippen LogP contribution in [-0.4, -0.2) is 19.4 Å². The first-order chi connectivity index (χ1) is 5.08. The number of hydrogen-bond acceptors (Lipinski definition) is 3. The van der Waals surface area contributed by atoms with E-state index < -0.39 is 15.1 Å². The molecule has 64 valence electrons. The molecular weight excluding hydrogens is 162 g/mol. The quantitative estimate of drug-likeness (QED) is 0.643. The van der Waals surface area contributed by atoms with E-state index in [1.807, 2.05) is 6.92 Å². The van der Waals surface area contributed by atoms with Crippen molar-refractivity contribution in [2.45, 2.75) is 31.9 Å². The Bertz CT molecular complexity index is 238. The summed E-state index contributed by atoms with van der Waals surface area (Å²) in [5, 5.41) is 7.70. The number of hydrogen-bond donors (Lipinski definition) is 0. The molecule has 0 heterocycles. The number of nitrogens with zero attached hydrogens (tertiary/aromatic N) is 1. The summed E-state index contributed by atoms with van der Waals surface area (Å²) in [5.74, 6) is 0.0607. The fourth-order valence-corrected chi connectivity index (χ4v) is 1.95. The maximum absolute atomic E-state index is 11.1. The van der Waals surface area contributed by atoms with Crippen LogP contribution in [0.4, 0.5) is 0 Å². The Labute approximate surface area is 67.9 Å². The van der Waals surface area contributed by atoms with Crippen molar-refractivity contribution in [3.63, 3.8) is 0 Å². The summed E-state index contributed by atoms with van der Waals surface area (Å²) < 4.78 is 22.2. The van der Waals surface area contributed by atoms with Gasteiger partial charge in [-0.25, -0.2) is 8.42 Å². The highest BCUT2D eigenvalue weighted by Gasteiger charge is 2.21. The molecule has 0 radical (unpaired) electrons. The molecule has 3 nitrogen and oxygen atoms in total. The summed E-state index contributed by atoms with van der Waals surface area (Å²) >= 11 is 0. The molecule has 0 amide bonds. The molecular formula is C7H13NO2S. The summed E-state index contributed by atoms with van der Waals surface area (Å²) in [6.45, 7) is 3.44. The largest absolute Gasteiger partial charge is 0.227 e. The van der Waals surface area contributed by atoms with Gasteiger partial charge in [0.1, 0.15) is 5.25 Å². The molecule has 4 heteroatoms. The third-order valence-corrected chi connectivity index (χ3v) is 3.54. The second kappa shape index (κ2) is 4.35. The lowest BCUT2D eigenvalue weighted by Crippen LogP contribution is -2.20. The SMILES string of the molecule is CCCC(C#N)S(=O)(=O)CC. The molecule has 0 saturated heterocycles.